The molecule has 2 N–H and O–H groups in total. The Morgan fingerprint density at radius 3 is 2.52 bits per heavy atom. The van der Waals surface area contributed by atoms with Crippen LogP contribution in [0, 0.1) is 12.8 Å². The minimum Gasteiger partial charge on any atom is -0.346 e. The second kappa shape index (κ2) is 9.89. The summed E-state index contributed by atoms with van der Waals surface area (Å²) in [6.45, 7) is 5.21. The molecule has 0 bridgehead atoms. The number of aromatic nitrogens is 3. The molecule has 2 amide bonds. The number of carbonyl (C=O) groups excluding carboxylic acids is 2. The number of halogens is 1. The number of nitrogens with zero attached hydrogens (tertiary/aromatic N) is 4. The zero-order valence-corrected chi connectivity index (χ0v) is 18.0. The molecule has 2 aliphatic heterocycles. The molecule has 1 saturated carbocycles. The van der Waals surface area contributed by atoms with Gasteiger partial charge in [0.2, 0.25) is 5.91 Å². The Morgan fingerprint density at radius 2 is 1.79 bits per heavy atom. The summed E-state index contributed by atoms with van der Waals surface area (Å²) in [5, 5.41) is 14.8. The van der Waals surface area contributed by atoms with Crippen molar-refractivity contribution in [3.05, 3.63) is 11.4 Å². The van der Waals surface area contributed by atoms with Gasteiger partial charge in [0.15, 0.2) is 5.69 Å². The zero-order valence-electron chi connectivity index (χ0n) is 17.2. The maximum Gasteiger partial charge on any atom is 0.274 e. The lowest BCUT2D eigenvalue weighted by atomic mass is 9.88. The lowest BCUT2D eigenvalue weighted by Gasteiger charge is -2.26. The van der Waals surface area contributed by atoms with Crippen LogP contribution in [-0.4, -0.2) is 63.9 Å². The van der Waals surface area contributed by atoms with E-state index in [4.69, 9.17) is 0 Å². The smallest absolute Gasteiger partial charge is 0.274 e. The molecule has 0 aromatic carbocycles. The Labute approximate surface area is 178 Å². The van der Waals surface area contributed by atoms with E-state index in [0.29, 0.717) is 18.3 Å². The molecule has 1 unspecified atom stereocenters. The third kappa shape index (κ3) is 4.91. The van der Waals surface area contributed by atoms with Gasteiger partial charge in [-0.05, 0) is 52.1 Å². The molecule has 0 radical (unpaired) electrons. The predicted molar refractivity (Wildman–Crippen MR) is 112 cm³/mol. The van der Waals surface area contributed by atoms with Gasteiger partial charge in [0.1, 0.15) is 0 Å². The summed E-state index contributed by atoms with van der Waals surface area (Å²) in [7, 11) is 0. The van der Waals surface area contributed by atoms with Crippen molar-refractivity contribution in [2.75, 3.05) is 26.2 Å². The first kappa shape index (κ1) is 22.0. The Morgan fingerprint density at radius 1 is 1.07 bits per heavy atom. The minimum atomic E-state index is -0.172. The highest BCUT2D eigenvalue weighted by Gasteiger charge is 2.33. The fourth-order valence-electron chi connectivity index (χ4n) is 4.89. The summed E-state index contributed by atoms with van der Waals surface area (Å²) in [5.74, 6) is 0.300. The number of amides is 2. The van der Waals surface area contributed by atoms with Crippen molar-refractivity contribution in [3.63, 3.8) is 0 Å². The van der Waals surface area contributed by atoms with Gasteiger partial charge < -0.3 is 15.5 Å². The van der Waals surface area contributed by atoms with Gasteiger partial charge in [-0.1, -0.05) is 24.5 Å². The molecular formula is C20H33ClN6O2. The summed E-state index contributed by atoms with van der Waals surface area (Å²) >= 11 is 0. The first-order valence-electron chi connectivity index (χ1n) is 10.9. The molecule has 3 fully saturated rings. The van der Waals surface area contributed by atoms with E-state index in [0.717, 1.165) is 70.3 Å². The monoisotopic (exact) mass is 424 g/mol. The van der Waals surface area contributed by atoms with Gasteiger partial charge in [-0.2, -0.15) is 0 Å². The first-order chi connectivity index (χ1) is 13.6. The number of likely N-dealkylation sites (tertiary alicyclic amines) is 1. The van der Waals surface area contributed by atoms with E-state index >= 15 is 0 Å². The molecule has 4 rings (SSSR count). The van der Waals surface area contributed by atoms with Crippen LogP contribution in [0.5, 0.6) is 0 Å². The molecule has 1 aliphatic carbocycles. The molecule has 8 nitrogen and oxygen atoms in total. The van der Waals surface area contributed by atoms with E-state index in [-0.39, 0.29) is 36.2 Å². The Bertz CT molecular complexity index is 712. The van der Waals surface area contributed by atoms with E-state index in [9.17, 15) is 9.59 Å². The number of hydrogen-bond donors (Lipinski definition) is 2. The minimum absolute atomic E-state index is 0. The van der Waals surface area contributed by atoms with Gasteiger partial charge >= 0.3 is 0 Å². The van der Waals surface area contributed by atoms with Gasteiger partial charge in [0, 0.05) is 25.0 Å². The molecule has 9 heteroatoms. The van der Waals surface area contributed by atoms with Crippen LogP contribution >= 0.6 is 12.4 Å². The average Bonchev–Trinajstić information content (AvgIpc) is 3.35. The van der Waals surface area contributed by atoms with Crippen LogP contribution in [0.1, 0.15) is 73.6 Å². The van der Waals surface area contributed by atoms with Crippen LogP contribution in [0.25, 0.3) is 0 Å². The van der Waals surface area contributed by atoms with Crippen LogP contribution in [-0.2, 0) is 4.79 Å². The predicted octanol–water partition coefficient (Wildman–Crippen LogP) is 1.84. The number of nitrogens with one attached hydrogen (secondary N) is 2. The molecule has 1 aromatic rings. The van der Waals surface area contributed by atoms with E-state index in [1.807, 2.05) is 16.5 Å². The molecule has 3 aliphatic rings. The normalized spacial score (nSPS) is 23.6. The third-order valence-corrected chi connectivity index (χ3v) is 6.59. The highest BCUT2D eigenvalue weighted by molar-refractivity contribution is 5.93. The molecule has 0 spiro atoms. The largest absolute Gasteiger partial charge is 0.346 e. The number of rotatable bonds is 4. The lowest BCUT2D eigenvalue weighted by Crippen LogP contribution is -2.40. The molecule has 1 atom stereocenters. The van der Waals surface area contributed by atoms with Crippen molar-refractivity contribution in [1.29, 1.82) is 0 Å². The lowest BCUT2D eigenvalue weighted by molar-refractivity contribution is -0.135. The summed E-state index contributed by atoms with van der Waals surface area (Å²) < 4.78 is 1.91. The molecule has 162 valence electrons. The van der Waals surface area contributed by atoms with E-state index in [2.05, 4.69) is 20.9 Å². The fraction of sp³-hybridized carbons (Fsp3) is 0.800. The van der Waals surface area contributed by atoms with Crippen LogP contribution < -0.4 is 10.6 Å². The zero-order chi connectivity index (χ0) is 19.5. The van der Waals surface area contributed by atoms with Gasteiger partial charge in [-0.15, -0.1) is 17.5 Å². The van der Waals surface area contributed by atoms with Gasteiger partial charge in [0.05, 0.1) is 11.7 Å². The summed E-state index contributed by atoms with van der Waals surface area (Å²) in [5.41, 5.74) is 1.24. The maximum atomic E-state index is 12.8. The first-order valence-corrected chi connectivity index (χ1v) is 10.9. The van der Waals surface area contributed by atoms with Crippen molar-refractivity contribution in [3.8, 4) is 0 Å². The van der Waals surface area contributed by atoms with E-state index < -0.39 is 0 Å². The highest BCUT2D eigenvalue weighted by Crippen LogP contribution is 2.27. The van der Waals surface area contributed by atoms with E-state index in [1.165, 1.54) is 6.42 Å². The topological polar surface area (TPSA) is 92.2 Å². The van der Waals surface area contributed by atoms with Crippen LogP contribution in [0.15, 0.2) is 0 Å². The molecule has 1 aromatic heterocycles. The maximum absolute atomic E-state index is 12.8. The van der Waals surface area contributed by atoms with Crippen LogP contribution in [0.3, 0.4) is 0 Å². The van der Waals surface area contributed by atoms with E-state index in [1.54, 1.807) is 0 Å². The second-order valence-electron chi connectivity index (χ2n) is 8.53. The van der Waals surface area contributed by atoms with Crippen molar-refractivity contribution < 1.29 is 9.59 Å². The molecule has 3 heterocycles. The van der Waals surface area contributed by atoms with Crippen LogP contribution in [0.2, 0.25) is 0 Å². The third-order valence-electron chi connectivity index (χ3n) is 6.59. The van der Waals surface area contributed by atoms with Crippen LogP contribution in [0.4, 0.5) is 0 Å². The fourth-order valence-corrected chi connectivity index (χ4v) is 4.89. The average molecular weight is 425 g/mol. The molecule has 2 saturated heterocycles. The SMILES string of the molecule is Cc1c(C(=O)NC2CCN(C(=O)C3CCCCC3)C2)nnn1C1CCNCC1.Cl. The Balaban J connectivity index is 0.00000240. The number of piperidine rings is 1. The van der Waals surface area contributed by atoms with Crippen molar-refractivity contribution in [1.82, 2.24) is 30.5 Å². The summed E-state index contributed by atoms with van der Waals surface area (Å²) in [4.78, 5) is 27.4. The van der Waals surface area contributed by atoms with Gasteiger partial charge in [-0.25, -0.2) is 4.68 Å². The summed E-state index contributed by atoms with van der Waals surface area (Å²) in [6, 6.07) is 0.314. The Kier molecular flexibility index (Phi) is 7.51. The summed E-state index contributed by atoms with van der Waals surface area (Å²) in [6.07, 6.45) is 8.44. The highest BCUT2D eigenvalue weighted by atomic mass is 35.5. The second-order valence-corrected chi connectivity index (χ2v) is 8.53. The Hall–Kier alpha value is -1.67. The van der Waals surface area contributed by atoms with Crippen molar-refractivity contribution in [2.24, 2.45) is 5.92 Å². The van der Waals surface area contributed by atoms with Crippen molar-refractivity contribution >= 4 is 24.2 Å². The standard InChI is InChI=1S/C20H32N6O2.ClH/c1-14-18(23-24-26(14)17-7-10-21-11-8-17)19(27)22-16-9-12-25(13-16)20(28)15-5-3-2-4-6-15;/h15-17,21H,2-13H2,1H3,(H,22,27);1H. The quantitative estimate of drug-likeness (QED) is 0.769. The van der Waals surface area contributed by atoms with Gasteiger partial charge in [-0.3, -0.25) is 9.59 Å². The number of carbonyl (C=O) groups is 2. The number of hydrogen-bond acceptors (Lipinski definition) is 5. The van der Waals surface area contributed by atoms with Crippen molar-refractivity contribution in [2.45, 2.75) is 70.4 Å². The molecular weight excluding hydrogens is 392 g/mol. The molecule has 29 heavy (non-hydrogen) atoms. The van der Waals surface area contributed by atoms with Gasteiger partial charge in [0.25, 0.3) is 5.91 Å².